The molecule has 0 radical (unpaired) electrons. The number of aryl methyl sites for hydroxylation is 1. The third-order valence-corrected chi connectivity index (χ3v) is 6.03. The summed E-state index contributed by atoms with van der Waals surface area (Å²) in [5, 5.41) is 23.0. The van der Waals surface area contributed by atoms with Gasteiger partial charge in [0.2, 0.25) is 11.9 Å². The van der Waals surface area contributed by atoms with Crippen LogP contribution in [0.25, 0.3) is 16.9 Å². The highest BCUT2D eigenvalue weighted by Crippen LogP contribution is 2.33. The molecule has 4 aromatic rings. The van der Waals surface area contributed by atoms with Crippen molar-refractivity contribution in [2.45, 2.75) is 25.9 Å². The van der Waals surface area contributed by atoms with Crippen LogP contribution in [0.2, 0.25) is 0 Å². The van der Waals surface area contributed by atoms with E-state index in [2.05, 4.69) is 5.32 Å². The number of nitrogens with zero attached hydrogens (tertiary/aromatic N) is 3. The van der Waals surface area contributed by atoms with Crippen LogP contribution < -0.4 is 27.0 Å². The van der Waals surface area contributed by atoms with E-state index >= 15 is 0 Å². The minimum atomic E-state index is -1.54. The predicted octanol–water partition coefficient (Wildman–Crippen LogP) is 0.595. The van der Waals surface area contributed by atoms with Gasteiger partial charge in [0.25, 0.3) is 0 Å². The maximum absolute atomic E-state index is 12.0. The van der Waals surface area contributed by atoms with Crippen LogP contribution in [-0.4, -0.2) is 44.2 Å². The molecule has 0 saturated heterocycles. The number of aromatic nitrogens is 3. The maximum atomic E-state index is 12.0. The summed E-state index contributed by atoms with van der Waals surface area (Å²) in [4.78, 5) is 21.6. The van der Waals surface area contributed by atoms with E-state index in [-0.39, 0.29) is 6.54 Å². The highest BCUT2D eigenvalue weighted by Gasteiger charge is 2.23. The van der Waals surface area contributed by atoms with Gasteiger partial charge in [-0.1, -0.05) is 30.3 Å². The van der Waals surface area contributed by atoms with E-state index in [0.29, 0.717) is 47.1 Å². The molecule has 0 aliphatic carbocycles. The molecule has 0 fully saturated rings. The average Bonchev–Trinajstić information content (AvgIpc) is 3.26. The Labute approximate surface area is 201 Å². The van der Waals surface area contributed by atoms with Crippen LogP contribution >= 0.6 is 0 Å². The van der Waals surface area contributed by atoms with Gasteiger partial charge in [0.1, 0.15) is 0 Å². The van der Waals surface area contributed by atoms with Crippen LogP contribution in [0.5, 0.6) is 5.75 Å². The highest BCUT2D eigenvalue weighted by atomic mass is 16.5. The Morgan fingerprint density at radius 2 is 2.00 bits per heavy atom. The van der Waals surface area contributed by atoms with Crippen molar-refractivity contribution in [2.24, 2.45) is 11.5 Å². The van der Waals surface area contributed by atoms with Crippen molar-refractivity contribution in [2.75, 3.05) is 11.9 Å². The number of hydrogen-bond donors (Lipinski definition) is 5. The van der Waals surface area contributed by atoms with Crippen LogP contribution in [0.4, 0.5) is 5.82 Å². The van der Waals surface area contributed by atoms with Gasteiger partial charge in [-0.15, -0.1) is 0 Å². The number of nitrogens with one attached hydrogen (secondary N) is 1. The van der Waals surface area contributed by atoms with Crippen molar-refractivity contribution < 1.29 is 19.6 Å². The number of amides is 1. The van der Waals surface area contributed by atoms with Crippen molar-refractivity contribution in [3.63, 3.8) is 0 Å². The number of carbonyl (C=O) groups is 1. The van der Waals surface area contributed by atoms with Crippen molar-refractivity contribution in [1.82, 2.24) is 14.5 Å². The summed E-state index contributed by atoms with van der Waals surface area (Å²) < 4.78 is 7.75. The lowest BCUT2D eigenvalue weighted by Crippen LogP contribution is -2.30. The molecule has 0 saturated carbocycles. The Balaban J connectivity index is 1.59. The molecule has 2 aromatic heterocycles. The molecule has 0 bridgehead atoms. The smallest absolute Gasteiger partial charge is 0.488 e. The van der Waals surface area contributed by atoms with Gasteiger partial charge in [0, 0.05) is 29.7 Å². The van der Waals surface area contributed by atoms with Gasteiger partial charge in [0.05, 0.1) is 17.8 Å². The van der Waals surface area contributed by atoms with Gasteiger partial charge in [-0.3, -0.25) is 9.36 Å². The summed E-state index contributed by atoms with van der Waals surface area (Å²) in [5.74, 6) is 1.01. The largest absolute Gasteiger partial charge is 0.488 e. The Bertz CT molecular complexity index is 1420. The first-order valence-electron chi connectivity index (χ1n) is 11.3. The maximum Gasteiger partial charge on any atom is 0.488 e. The standard InChI is InChI=1S/C24H25BN6O4/c26-12-16-11-18-17(22(27)32)6-2-8-20(18)31(16)24-29-19-7-3-9-35-21(19)23(30-24)28-13-14-4-1-5-15(10-14)25(33)34/h1-2,4-6,8,10-11,33-34H,3,7,9,12-13,26H2,(H2,27,32)(H,28,29,30). The molecule has 5 rings (SSSR count). The van der Waals surface area contributed by atoms with E-state index in [0.717, 1.165) is 35.3 Å². The van der Waals surface area contributed by atoms with Crippen molar-refractivity contribution in [3.8, 4) is 11.7 Å². The zero-order valence-corrected chi connectivity index (χ0v) is 18.9. The number of benzene rings is 2. The van der Waals surface area contributed by atoms with Crippen molar-refractivity contribution in [3.05, 3.63) is 71.0 Å². The predicted molar refractivity (Wildman–Crippen MR) is 133 cm³/mol. The van der Waals surface area contributed by atoms with Crippen molar-refractivity contribution in [1.29, 1.82) is 0 Å². The average molecular weight is 472 g/mol. The fraction of sp³-hybridized carbons (Fsp3) is 0.208. The molecule has 1 amide bonds. The Kier molecular flexibility index (Phi) is 6.12. The SMILES string of the molecule is NCc1cc2c(C(N)=O)cccc2n1-c1nc2c(c(NCc3cccc(B(O)O)c3)n1)OCCC2. The van der Waals surface area contributed by atoms with E-state index in [1.807, 2.05) is 22.8 Å². The second kappa shape index (κ2) is 9.38. The van der Waals surface area contributed by atoms with Gasteiger partial charge in [-0.05, 0) is 42.1 Å². The number of nitrogens with two attached hydrogens (primary N) is 2. The van der Waals surface area contributed by atoms with Crippen LogP contribution in [-0.2, 0) is 19.5 Å². The Morgan fingerprint density at radius 1 is 1.17 bits per heavy atom. The van der Waals surface area contributed by atoms with Gasteiger partial charge < -0.3 is 31.6 Å². The second-order valence-electron chi connectivity index (χ2n) is 8.35. The fourth-order valence-corrected chi connectivity index (χ4v) is 4.37. The molecule has 1 aliphatic rings. The van der Waals surface area contributed by atoms with Crippen LogP contribution in [0.3, 0.4) is 0 Å². The molecule has 0 unspecified atom stereocenters. The van der Waals surface area contributed by atoms with E-state index in [9.17, 15) is 14.8 Å². The monoisotopic (exact) mass is 472 g/mol. The zero-order valence-electron chi connectivity index (χ0n) is 18.9. The Morgan fingerprint density at radius 3 is 2.77 bits per heavy atom. The number of fused-ring (bicyclic) bond motifs is 2. The van der Waals surface area contributed by atoms with E-state index in [4.69, 9.17) is 26.2 Å². The Hall–Kier alpha value is -3.93. The fourth-order valence-electron chi connectivity index (χ4n) is 4.37. The number of primary amides is 1. The van der Waals surface area contributed by atoms with Gasteiger partial charge in [-0.25, -0.2) is 4.98 Å². The van der Waals surface area contributed by atoms with Gasteiger partial charge in [-0.2, -0.15) is 4.98 Å². The molecule has 35 heavy (non-hydrogen) atoms. The van der Waals surface area contributed by atoms with E-state index in [1.54, 1.807) is 30.3 Å². The molecule has 10 nitrogen and oxygen atoms in total. The molecular formula is C24H25BN6O4. The van der Waals surface area contributed by atoms with E-state index < -0.39 is 13.0 Å². The second-order valence-corrected chi connectivity index (χ2v) is 8.35. The summed E-state index contributed by atoms with van der Waals surface area (Å²) >= 11 is 0. The molecule has 11 heteroatoms. The summed E-state index contributed by atoms with van der Waals surface area (Å²) in [6, 6.07) is 14.2. The highest BCUT2D eigenvalue weighted by molar-refractivity contribution is 6.58. The summed E-state index contributed by atoms with van der Waals surface area (Å²) in [7, 11) is -1.54. The molecular weight excluding hydrogens is 447 g/mol. The summed E-state index contributed by atoms with van der Waals surface area (Å²) in [5.41, 5.74) is 15.5. The molecule has 2 aromatic carbocycles. The zero-order chi connectivity index (χ0) is 24.5. The van der Waals surface area contributed by atoms with Crippen LogP contribution in [0.15, 0.2) is 48.5 Å². The van der Waals surface area contributed by atoms with Crippen LogP contribution in [0.1, 0.15) is 33.7 Å². The lowest BCUT2D eigenvalue weighted by Gasteiger charge is -2.21. The lowest BCUT2D eigenvalue weighted by molar-refractivity contribution is 0.100. The molecule has 0 spiro atoms. The number of hydrogen-bond acceptors (Lipinski definition) is 8. The minimum absolute atomic E-state index is 0.211. The topological polar surface area (TPSA) is 162 Å². The van der Waals surface area contributed by atoms with Crippen molar-refractivity contribution >= 4 is 35.2 Å². The summed E-state index contributed by atoms with van der Waals surface area (Å²) in [6.45, 7) is 1.16. The minimum Gasteiger partial charge on any atom is -0.488 e. The molecule has 0 atom stereocenters. The van der Waals surface area contributed by atoms with Gasteiger partial charge >= 0.3 is 7.12 Å². The first-order valence-corrected chi connectivity index (χ1v) is 11.3. The quantitative estimate of drug-likeness (QED) is 0.244. The molecule has 3 heterocycles. The van der Waals surface area contributed by atoms with Gasteiger partial charge in [0.15, 0.2) is 11.6 Å². The number of ether oxygens (including phenoxy) is 1. The lowest BCUT2D eigenvalue weighted by atomic mass is 9.80. The molecule has 178 valence electrons. The third kappa shape index (κ3) is 4.32. The number of rotatable bonds is 7. The first kappa shape index (κ1) is 22.8. The number of anilines is 1. The molecule has 1 aliphatic heterocycles. The normalized spacial score (nSPS) is 12.8. The van der Waals surface area contributed by atoms with Crippen LogP contribution in [0, 0.1) is 0 Å². The molecule has 7 N–H and O–H groups in total. The number of carbonyl (C=O) groups excluding carboxylic acids is 1. The third-order valence-electron chi connectivity index (χ3n) is 6.03. The first-order chi connectivity index (χ1) is 17.0. The van der Waals surface area contributed by atoms with E-state index in [1.165, 1.54) is 0 Å². The summed E-state index contributed by atoms with van der Waals surface area (Å²) in [6.07, 6.45) is 1.57.